The Morgan fingerprint density at radius 2 is 2.00 bits per heavy atom. The average molecular weight is 174 g/mol. The van der Waals surface area contributed by atoms with E-state index in [9.17, 15) is 5.11 Å². The minimum absolute atomic E-state index is 0.312. The molecule has 12 heavy (non-hydrogen) atoms. The highest BCUT2D eigenvalue weighted by molar-refractivity contribution is 4.87. The quantitative estimate of drug-likeness (QED) is 0.585. The zero-order chi connectivity index (χ0) is 9.40. The minimum Gasteiger partial charge on any atom is -0.388 e. The molecule has 0 aliphatic heterocycles. The topological polar surface area (TPSA) is 38.7 Å². The highest BCUT2D eigenvalue weighted by Gasteiger charge is 2.02. The molecule has 0 amide bonds. The highest BCUT2D eigenvalue weighted by atomic mass is 16.5. The molecule has 0 aliphatic rings. The van der Waals surface area contributed by atoms with Gasteiger partial charge in [0.25, 0.3) is 0 Å². The summed E-state index contributed by atoms with van der Waals surface area (Å²) in [6.45, 7) is 9.23. The molecule has 0 spiro atoms. The van der Waals surface area contributed by atoms with Crippen molar-refractivity contribution in [3.63, 3.8) is 0 Å². The van der Waals surface area contributed by atoms with Gasteiger partial charge in [0.1, 0.15) is 6.10 Å². The van der Waals surface area contributed by atoms with Crippen molar-refractivity contribution < 1.29 is 14.6 Å². The molecular weight excluding hydrogens is 156 g/mol. The van der Waals surface area contributed by atoms with Gasteiger partial charge in [-0.05, 0) is 13.8 Å². The lowest BCUT2D eigenvalue weighted by Crippen LogP contribution is -2.22. The number of aliphatic hydroxyl groups is 1. The van der Waals surface area contributed by atoms with Crippen LogP contribution in [0.5, 0.6) is 0 Å². The van der Waals surface area contributed by atoms with Gasteiger partial charge in [-0.3, -0.25) is 0 Å². The number of rotatable bonds is 7. The van der Waals surface area contributed by atoms with E-state index >= 15 is 0 Å². The summed E-state index contributed by atoms with van der Waals surface area (Å²) in [7, 11) is 0. The Morgan fingerprint density at radius 1 is 1.42 bits per heavy atom. The van der Waals surface area contributed by atoms with Gasteiger partial charge in [-0.25, -0.2) is 0 Å². The van der Waals surface area contributed by atoms with E-state index in [0.717, 1.165) is 5.57 Å². The summed E-state index contributed by atoms with van der Waals surface area (Å²) >= 11 is 0. The predicted molar refractivity (Wildman–Crippen MR) is 48.1 cm³/mol. The molecule has 0 rings (SSSR count). The SMILES string of the molecule is C=C(C)COCC(O)COCC. The van der Waals surface area contributed by atoms with Gasteiger partial charge in [0.15, 0.2) is 0 Å². The van der Waals surface area contributed by atoms with E-state index in [4.69, 9.17) is 9.47 Å². The van der Waals surface area contributed by atoms with Crippen LogP contribution in [-0.2, 0) is 9.47 Å². The smallest absolute Gasteiger partial charge is 0.101 e. The van der Waals surface area contributed by atoms with E-state index in [-0.39, 0.29) is 0 Å². The Balaban J connectivity index is 3.19. The molecule has 0 saturated carbocycles. The van der Waals surface area contributed by atoms with Crippen LogP contribution in [0.25, 0.3) is 0 Å². The Hall–Kier alpha value is -0.380. The van der Waals surface area contributed by atoms with Gasteiger partial charge < -0.3 is 14.6 Å². The number of ether oxygens (including phenoxy) is 2. The van der Waals surface area contributed by atoms with E-state index in [1.54, 1.807) is 0 Å². The summed E-state index contributed by atoms with van der Waals surface area (Å²) in [5.41, 5.74) is 0.957. The third kappa shape index (κ3) is 7.72. The van der Waals surface area contributed by atoms with Crippen LogP contribution in [0.4, 0.5) is 0 Å². The minimum atomic E-state index is -0.524. The number of aliphatic hydroxyl groups excluding tert-OH is 1. The third-order valence-corrected chi connectivity index (χ3v) is 1.17. The normalized spacial score (nSPS) is 12.9. The molecule has 0 aromatic carbocycles. The van der Waals surface area contributed by atoms with Crippen LogP contribution in [-0.4, -0.2) is 37.6 Å². The summed E-state index contributed by atoms with van der Waals surface area (Å²) in [6, 6.07) is 0. The fraction of sp³-hybridized carbons (Fsp3) is 0.778. The molecule has 0 aromatic rings. The molecular formula is C9H18O3. The van der Waals surface area contributed by atoms with Crippen molar-refractivity contribution in [2.75, 3.05) is 26.4 Å². The van der Waals surface area contributed by atoms with E-state index in [1.165, 1.54) is 0 Å². The zero-order valence-electron chi connectivity index (χ0n) is 7.88. The lowest BCUT2D eigenvalue weighted by atomic mass is 10.4. The lowest BCUT2D eigenvalue weighted by molar-refractivity contribution is -0.0111. The van der Waals surface area contributed by atoms with Gasteiger partial charge in [-0.15, -0.1) is 0 Å². The average Bonchev–Trinajstić information content (AvgIpc) is 2.00. The van der Waals surface area contributed by atoms with Crippen molar-refractivity contribution in [1.29, 1.82) is 0 Å². The number of hydrogen-bond donors (Lipinski definition) is 1. The number of hydrogen-bond acceptors (Lipinski definition) is 3. The second-order valence-electron chi connectivity index (χ2n) is 2.79. The maximum atomic E-state index is 9.21. The Morgan fingerprint density at radius 3 is 2.50 bits per heavy atom. The zero-order valence-corrected chi connectivity index (χ0v) is 7.88. The van der Waals surface area contributed by atoms with Gasteiger partial charge in [-0.2, -0.15) is 0 Å². The summed E-state index contributed by atoms with van der Waals surface area (Å²) in [5.74, 6) is 0. The first-order chi connectivity index (χ1) is 5.66. The molecule has 0 fully saturated rings. The second kappa shape index (κ2) is 7.28. The Bertz CT molecular complexity index is 123. The van der Waals surface area contributed by atoms with Crippen molar-refractivity contribution in [3.8, 4) is 0 Å². The Labute approximate surface area is 74.0 Å². The lowest BCUT2D eigenvalue weighted by Gasteiger charge is -2.10. The summed E-state index contributed by atoms with van der Waals surface area (Å²) in [6.07, 6.45) is -0.524. The predicted octanol–water partition coefficient (Wildman–Crippen LogP) is 0.976. The van der Waals surface area contributed by atoms with Crippen molar-refractivity contribution in [2.24, 2.45) is 0 Å². The van der Waals surface area contributed by atoms with Crippen molar-refractivity contribution in [3.05, 3.63) is 12.2 Å². The largest absolute Gasteiger partial charge is 0.388 e. The molecule has 1 unspecified atom stereocenters. The maximum absolute atomic E-state index is 9.21. The summed E-state index contributed by atoms with van der Waals surface area (Å²) in [4.78, 5) is 0. The van der Waals surface area contributed by atoms with Crippen molar-refractivity contribution in [1.82, 2.24) is 0 Å². The monoisotopic (exact) mass is 174 g/mol. The van der Waals surface area contributed by atoms with Crippen LogP contribution in [0.3, 0.4) is 0 Å². The van der Waals surface area contributed by atoms with Crippen LogP contribution in [0.15, 0.2) is 12.2 Å². The van der Waals surface area contributed by atoms with Gasteiger partial charge in [0.05, 0.1) is 19.8 Å². The van der Waals surface area contributed by atoms with Crippen LogP contribution in [0.2, 0.25) is 0 Å². The molecule has 1 atom stereocenters. The summed E-state index contributed by atoms with van der Waals surface area (Å²) in [5, 5.41) is 9.21. The molecule has 0 saturated heterocycles. The molecule has 3 nitrogen and oxygen atoms in total. The van der Waals surface area contributed by atoms with Crippen LogP contribution >= 0.6 is 0 Å². The van der Waals surface area contributed by atoms with E-state index in [0.29, 0.717) is 26.4 Å². The molecule has 3 heteroatoms. The van der Waals surface area contributed by atoms with Gasteiger partial charge in [0.2, 0.25) is 0 Å². The molecule has 0 bridgehead atoms. The van der Waals surface area contributed by atoms with Gasteiger partial charge in [-0.1, -0.05) is 12.2 Å². The fourth-order valence-electron chi connectivity index (χ4n) is 0.671. The van der Waals surface area contributed by atoms with E-state index in [2.05, 4.69) is 6.58 Å². The van der Waals surface area contributed by atoms with E-state index < -0.39 is 6.10 Å². The van der Waals surface area contributed by atoms with Crippen LogP contribution < -0.4 is 0 Å². The van der Waals surface area contributed by atoms with Crippen LogP contribution in [0.1, 0.15) is 13.8 Å². The first-order valence-corrected chi connectivity index (χ1v) is 4.14. The van der Waals surface area contributed by atoms with Gasteiger partial charge >= 0.3 is 0 Å². The molecule has 0 heterocycles. The Kier molecular flexibility index (Phi) is 7.05. The van der Waals surface area contributed by atoms with Gasteiger partial charge in [0, 0.05) is 6.61 Å². The van der Waals surface area contributed by atoms with Crippen molar-refractivity contribution in [2.45, 2.75) is 20.0 Å². The maximum Gasteiger partial charge on any atom is 0.101 e. The summed E-state index contributed by atoms with van der Waals surface area (Å²) < 4.78 is 10.1. The standard InChI is InChI=1S/C9H18O3/c1-4-11-6-9(10)7-12-5-8(2)3/h9-10H,2,4-7H2,1,3H3. The van der Waals surface area contributed by atoms with Crippen molar-refractivity contribution >= 4 is 0 Å². The first-order valence-electron chi connectivity index (χ1n) is 4.14. The van der Waals surface area contributed by atoms with Crippen LogP contribution in [0, 0.1) is 0 Å². The molecule has 0 radical (unpaired) electrons. The van der Waals surface area contributed by atoms with E-state index in [1.807, 2.05) is 13.8 Å². The molecule has 0 aliphatic carbocycles. The first kappa shape index (κ1) is 11.6. The third-order valence-electron chi connectivity index (χ3n) is 1.17. The highest BCUT2D eigenvalue weighted by Crippen LogP contribution is 1.91. The molecule has 72 valence electrons. The fourth-order valence-corrected chi connectivity index (χ4v) is 0.671. The second-order valence-corrected chi connectivity index (χ2v) is 2.79. The molecule has 1 N–H and O–H groups in total. The molecule has 0 aromatic heterocycles.